The lowest BCUT2D eigenvalue weighted by Crippen LogP contribution is -2.31. The molecule has 2 aromatic rings. The minimum absolute atomic E-state index is 0.0305. The number of aryl methyl sites for hydroxylation is 2. The molecule has 4 rings (SSSR count). The molecule has 1 aliphatic carbocycles. The van der Waals surface area contributed by atoms with Crippen LogP contribution in [0.1, 0.15) is 59.8 Å². The van der Waals surface area contributed by atoms with Crippen molar-refractivity contribution in [2.24, 2.45) is 7.05 Å². The Bertz CT molecular complexity index is 727. The van der Waals surface area contributed by atoms with E-state index in [1.165, 1.54) is 30.8 Å². The summed E-state index contributed by atoms with van der Waals surface area (Å²) in [5.74, 6) is 2.39. The number of aromatic nitrogens is 4. The first-order valence-corrected chi connectivity index (χ1v) is 8.45. The Hall–Kier alpha value is -2.11. The van der Waals surface area contributed by atoms with Gasteiger partial charge in [-0.05, 0) is 26.2 Å². The van der Waals surface area contributed by atoms with Gasteiger partial charge in [0.1, 0.15) is 5.82 Å². The maximum Gasteiger partial charge on any atom is 0.289 e. The van der Waals surface area contributed by atoms with E-state index in [1.54, 1.807) is 10.8 Å². The Morgan fingerprint density at radius 3 is 2.74 bits per heavy atom. The fraction of sp³-hybridized carbons (Fsp3) is 0.588. The summed E-state index contributed by atoms with van der Waals surface area (Å²) in [6.07, 6.45) is 10.3. The molecule has 2 aromatic heterocycles. The van der Waals surface area contributed by atoms with Crippen LogP contribution in [0, 0.1) is 6.92 Å². The third kappa shape index (κ3) is 2.36. The van der Waals surface area contributed by atoms with E-state index in [9.17, 15) is 4.79 Å². The SMILES string of the molecule is Cc1cnc(C2CCC2)n1C1CCN(C(=O)c2nccn2C)C1. The Morgan fingerprint density at radius 1 is 1.26 bits per heavy atom. The molecular weight excluding hydrogens is 290 g/mol. The van der Waals surface area contributed by atoms with Crippen LogP contribution in [0.5, 0.6) is 0 Å². The molecule has 0 spiro atoms. The van der Waals surface area contributed by atoms with E-state index in [0.29, 0.717) is 17.8 Å². The van der Waals surface area contributed by atoms with Crippen molar-refractivity contribution in [1.29, 1.82) is 0 Å². The van der Waals surface area contributed by atoms with Crippen LogP contribution in [0.3, 0.4) is 0 Å². The van der Waals surface area contributed by atoms with E-state index >= 15 is 0 Å². The predicted octanol–water partition coefficient (Wildman–Crippen LogP) is 2.28. The second kappa shape index (κ2) is 5.51. The molecule has 0 radical (unpaired) electrons. The van der Waals surface area contributed by atoms with Crippen molar-refractivity contribution in [1.82, 2.24) is 24.0 Å². The number of rotatable bonds is 3. The van der Waals surface area contributed by atoms with Crippen molar-refractivity contribution in [3.05, 3.63) is 35.9 Å². The third-order valence-corrected chi connectivity index (χ3v) is 5.31. The van der Waals surface area contributed by atoms with Gasteiger partial charge in [-0.2, -0.15) is 0 Å². The van der Waals surface area contributed by atoms with Gasteiger partial charge < -0.3 is 14.0 Å². The summed E-state index contributed by atoms with van der Waals surface area (Å²) in [4.78, 5) is 23.4. The van der Waals surface area contributed by atoms with Crippen molar-refractivity contribution >= 4 is 5.91 Å². The van der Waals surface area contributed by atoms with Crippen LogP contribution in [0.4, 0.5) is 0 Å². The van der Waals surface area contributed by atoms with E-state index in [1.807, 2.05) is 24.3 Å². The van der Waals surface area contributed by atoms with Crippen LogP contribution in [-0.4, -0.2) is 43.0 Å². The topological polar surface area (TPSA) is 56.0 Å². The Labute approximate surface area is 136 Å². The Kier molecular flexibility index (Phi) is 3.47. The minimum atomic E-state index is 0.0305. The van der Waals surface area contributed by atoms with Crippen LogP contribution in [-0.2, 0) is 7.05 Å². The number of carbonyl (C=O) groups is 1. The van der Waals surface area contributed by atoms with Gasteiger partial charge in [0.15, 0.2) is 5.82 Å². The van der Waals surface area contributed by atoms with E-state index in [4.69, 9.17) is 0 Å². The fourth-order valence-corrected chi connectivity index (χ4v) is 3.76. The lowest BCUT2D eigenvalue weighted by Gasteiger charge is -2.28. The monoisotopic (exact) mass is 313 g/mol. The Balaban J connectivity index is 1.54. The molecule has 1 saturated carbocycles. The lowest BCUT2D eigenvalue weighted by molar-refractivity contribution is 0.0771. The average Bonchev–Trinajstić information content (AvgIpc) is 3.17. The highest BCUT2D eigenvalue weighted by Gasteiger charge is 2.33. The number of likely N-dealkylation sites (tertiary alicyclic amines) is 1. The van der Waals surface area contributed by atoms with Gasteiger partial charge in [-0.3, -0.25) is 4.79 Å². The van der Waals surface area contributed by atoms with Gasteiger partial charge in [0.25, 0.3) is 5.91 Å². The number of imidazole rings is 2. The first-order valence-electron chi connectivity index (χ1n) is 8.45. The van der Waals surface area contributed by atoms with E-state index < -0.39 is 0 Å². The quantitative estimate of drug-likeness (QED) is 0.873. The number of hydrogen-bond donors (Lipinski definition) is 0. The molecule has 2 aliphatic rings. The zero-order chi connectivity index (χ0) is 16.0. The molecule has 0 aromatic carbocycles. The number of amides is 1. The molecule has 1 aliphatic heterocycles. The van der Waals surface area contributed by atoms with Crippen molar-refractivity contribution in [3.63, 3.8) is 0 Å². The molecule has 1 atom stereocenters. The first kappa shape index (κ1) is 14.5. The number of nitrogens with zero attached hydrogens (tertiary/aromatic N) is 5. The van der Waals surface area contributed by atoms with E-state index in [0.717, 1.165) is 19.5 Å². The molecular formula is C17H23N5O. The van der Waals surface area contributed by atoms with Crippen LogP contribution in [0.15, 0.2) is 18.6 Å². The average molecular weight is 313 g/mol. The summed E-state index contributed by atoms with van der Waals surface area (Å²) in [6.45, 7) is 3.67. The standard InChI is InChI=1S/C17H23N5O/c1-12-10-19-15(13-4-3-5-13)22(12)14-6-8-21(11-14)17(23)16-18-7-9-20(16)2/h7,9-10,13-14H,3-6,8,11H2,1-2H3. The number of hydrogen-bond acceptors (Lipinski definition) is 3. The number of carbonyl (C=O) groups excluding carboxylic acids is 1. The molecule has 0 bridgehead atoms. The summed E-state index contributed by atoms with van der Waals surface area (Å²) in [7, 11) is 1.86. The highest BCUT2D eigenvalue weighted by Crippen LogP contribution is 2.38. The third-order valence-electron chi connectivity index (χ3n) is 5.31. The molecule has 2 fully saturated rings. The van der Waals surface area contributed by atoms with E-state index in [-0.39, 0.29) is 5.91 Å². The molecule has 3 heterocycles. The van der Waals surface area contributed by atoms with Gasteiger partial charge in [-0.15, -0.1) is 0 Å². The van der Waals surface area contributed by atoms with Gasteiger partial charge in [-0.1, -0.05) is 6.42 Å². The van der Waals surface area contributed by atoms with Gasteiger partial charge in [0, 0.05) is 50.3 Å². The molecule has 1 unspecified atom stereocenters. The lowest BCUT2D eigenvalue weighted by atomic mass is 9.84. The summed E-state index contributed by atoms with van der Waals surface area (Å²) < 4.78 is 4.17. The second-order valence-electron chi connectivity index (χ2n) is 6.81. The molecule has 0 N–H and O–H groups in total. The van der Waals surface area contributed by atoms with Crippen molar-refractivity contribution < 1.29 is 4.79 Å². The summed E-state index contributed by atoms with van der Waals surface area (Å²) in [5.41, 5.74) is 1.21. The Morgan fingerprint density at radius 2 is 2.09 bits per heavy atom. The van der Waals surface area contributed by atoms with Crippen molar-refractivity contribution in [2.45, 2.75) is 44.6 Å². The summed E-state index contributed by atoms with van der Waals surface area (Å²) in [6, 6.07) is 0.345. The maximum absolute atomic E-state index is 12.6. The normalized spacial score (nSPS) is 21.7. The molecule has 122 valence electrons. The molecule has 23 heavy (non-hydrogen) atoms. The summed E-state index contributed by atoms with van der Waals surface area (Å²) >= 11 is 0. The zero-order valence-electron chi connectivity index (χ0n) is 13.8. The second-order valence-corrected chi connectivity index (χ2v) is 6.81. The van der Waals surface area contributed by atoms with Crippen LogP contribution in [0.25, 0.3) is 0 Å². The van der Waals surface area contributed by atoms with Crippen molar-refractivity contribution in [3.8, 4) is 0 Å². The van der Waals surface area contributed by atoms with Gasteiger partial charge in [-0.25, -0.2) is 9.97 Å². The maximum atomic E-state index is 12.6. The molecule has 1 amide bonds. The van der Waals surface area contributed by atoms with E-state index in [2.05, 4.69) is 21.5 Å². The summed E-state index contributed by atoms with van der Waals surface area (Å²) in [5, 5.41) is 0. The molecule has 6 nitrogen and oxygen atoms in total. The highest BCUT2D eigenvalue weighted by molar-refractivity contribution is 5.91. The van der Waals surface area contributed by atoms with Gasteiger partial charge >= 0.3 is 0 Å². The fourth-order valence-electron chi connectivity index (χ4n) is 3.76. The highest BCUT2D eigenvalue weighted by atomic mass is 16.2. The van der Waals surface area contributed by atoms with Gasteiger partial charge in [0.2, 0.25) is 0 Å². The smallest absolute Gasteiger partial charge is 0.289 e. The van der Waals surface area contributed by atoms with Gasteiger partial charge in [0.05, 0.1) is 6.04 Å². The van der Waals surface area contributed by atoms with Crippen molar-refractivity contribution in [2.75, 3.05) is 13.1 Å². The predicted molar refractivity (Wildman–Crippen MR) is 86.3 cm³/mol. The first-order chi connectivity index (χ1) is 11.1. The van der Waals surface area contributed by atoms with Crippen LogP contribution < -0.4 is 0 Å². The largest absolute Gasteiger partial charge is 0.334 e. The van der Waals surface area contributed by atoms with Crippen LogP contribution >= 0.6 is 0 Å². The molecule has 1 saturated heterocycles. The molecule has 6 heteroatoms. The zero-order valence-corrected chi connectivity index (χ0v) is 13.8. The minimum Gasteiger partial charge on any atom is -0.334 e. The van der Waals surface area contributed by atoms with Crippen LogP contribution in [0.2, 0.25) is 0 Å².